The van der Waals surface area contributed by atoms with E-state index < -0.39 is 16.8 Å². The fourth-order valence-corrected chi connectivity index (χ4v) is 7.00. The summed E-state index contributed by atoms with van der Waals surface area (Å²) in [4.78, 5) is 0. The molecule has 1 unspecified atom stereocenters. The van der Waals surface area contributed by atoms with E-state index in [9.17, 15) is 20.4 Å². The van der Waals surface area contributed by atoms with E-state index in [0.717, 1.165) is 95.3 Å². The molecule has 258 valence electrons. The Bertz CT molecular complexity index is 865. The summed E-state index contributed by atoms with van der Waals surface area (Å²) in [5.74, 6) is 3.26. The largest absolute Gasteiger partial charge is 0.390 e. The first-order valence-electron chi connectivity index (χ1n) is 17.9. The Hall–Kier alpha value is -0.940. The van der Waals surface area contributed by atoms with Gasteiger partial charge in [0, 0.05) is 0 Å². The molecule has 4 N–H and O–H groups in total. The molecule has 4 aliphatic rings. The fourth-order valence-electron chi connectivity index (χ4n) is 7.00. The molecule has 3 fully saturated rings. The molecule has 0 aliphatic heterocycles. The van der Waals surface area contributed by atoms with Gasteiger partial charge >= 0.3 is 0 Å². The van der Waals surface area contributed by atoms with Crippen molar-refractivity contribution in [3.05, 3.63) is 36.0 Å². The highest BCUT2D eigenvalue weighted by atomic mass is 16.3. The summed E-state index contributed by atoms with van der Waals surface area (Å²) < 4.78 is 0. The summed E-state index contributed by atoms with van der Waals surface area (Å²) in [6.45, 7) is 28.2. The molecule has 0 spiro atoms. The molecule has 0 amide bonds. The molecule has 0 aromatic rings. The van der Waals surface area contributed by atoms with E-state index in [-0.39, 0.29) is 5.60 Å². The second-order valence-electron chi connectivity index (χ2n) is 17.0. The van der Waals surface area contributed by atoms with Gasteiger partial charge < -0.3 is 20.4 Å². The zero-order chi connectivity index (χ0) is 33.9. The SMILES string of the molecule is C=C(C)C1CCC(C)(O)CC1.C=C1CCC(C(C)(C)O)CC1.CC(C)C1CCC(C)(O)CC1.CC1=CCC(C(C)(C)O)CC1. The van der Waals surface area contributed by atoms with Gasteiger partial charge in [0.1, 0.15) is 0 Å². The van der Waals surface area contributed by atoms with Crippen LogP contribution in [0.15, 0.2) is 36.0 Å². The van der Waals surface area contributed by atoms with Gasteiger partial charge in [-0.3, -0.25) is 0 Å². The number of rotatable bonds is 4. The lowest BCUT2D eigenvalue weighted by Gasteiger charge is -2.34. The predicted molar refractivity (Wildman–Crippen MR) is 190 cm³/mol. The molecule has 0 radical (unpaired) electrons. The standard InChI is InChI=1S/2C10H18O.C10H20O.C10H18O/c2*1-8-4-6-9(7-5-8)10(2,3)11;2*1-8(2)9-4-6-10(3,11)7-5-9/h4,9,11H,5-7H2,1-3H3;9,11H,1,4-7H2,2-3H3;8-9,11H,4-7H2,1-3H3;9,11H,1,4-7H2,2-3H3. The second kappa shape index (κ2) is 17.8. The zero-order valence-corrected chi connectivity index (χ0v) is 30.8. The van der Waals surface area contributed by atoms with Crippen LogP contribution in [0, 0.1) is 29.6 Å². The maximum Gasteiger partial charge on any atom is 0.0622 e. The Morgan fingerprint density at radius 2 is 1.18 bits per heavy atom. The third kappa shape index (κ3) is 16.6. The topological polar surface area (TPSA) is 80.9 Å². The number of hydrogen-bond donors (Lipinski definition) is 4. The third-order valence-corrected chi connectivity index (χ3v) is 11.1. The molecule has 44 heavy (non-hydrogen) atoms. The lowest BCUT2D eigenvalue weighted by atomic mass is 9.75. The van der Waals surface area contributed by atoms with Crippen molar-refractivity contribution < 1.29 is 20.4 Å². The summed E-state index contributed by atoms with van der Waals surface area (Å²) in [5, 5.41) is 38.7. The number of allylic oxidation sites excluding steroid dienone is 4. The first kappa shape index (κ1) is 41.1. The normalized spacial score (nSPS) is 31.8. The molecular formula is C40H74O4. The summed E-state index contributed by atoms with van der Waals surface area (Å²) >= 11 is 0. The van der Waals surface area contributed by atoms with Gasteiger partial charge in [-0.1, -0.05) is 49.8 Å². The van der Waals surface area contributed by atoms with Gasteiger partial charge in [-0.15, -0.1) is 0 Å². The van der Waals surface area contributed by atoms with Crippen LogP contribution in [0.2, 0.25) is 0 Å². The van der Waals surface area contributed by atoms with Crippen LogP contribution < -0.4 is 0 Å². The maximum absolute atomic E-state index is 9.70. The van der Waals surface area contributed by atoms with Crippen molar-refractivity contribution in [1.82, 2.24) is 0 Å². The summed E-state index contributed by atoms with van der Waals surface area (Å²) in [5.41, 5.74) is 2.38. The Balaban J connectivity index is 0.000000293. The zero-order valence-electron chi connectivity index (χ0n) is 30.8. The van der Waals surface area contributed by atoms with Gasteiger partial charge in [0.15, 0.2) is 0 Å². The summed E-state index contributed by atoms with van der Waals surface area (Å²) in [7, 11) is 0. The highest BCUT2D eigenvalue weighted by Gasteiger charge is 2.31. The first-order valence-corrected chi connectivity index (χ1v) is 17.9. The molecule has 0 aromatic heterocycles. The Kier molecular flexibility index (Phi) is 16.6. The van der Waals surface area contributed by atoms with Crippen molar-refractivity contribution in [3.8, 4) is 0 Å². The van der Waals surface area contributed by atoms with Crippen LogP contribution in [-0.2, 0) is 0 Å². The van der Waals surface area contributed by atoms with Gasteiger partial charge in [0.25, 0.3) is 0 Å². The van der Waals surface area contributed by atoms with E-state index in [1.807, 2.05) is 41.5 Å². The molecule has 0 heterocycles. The summed E-state index contributed by atoms with van der Waals surface area (Å²) in [6, 6.07) is 0. The summed E-state index contributed by atoms with van der Waals surface area (Å²) in [6.07, 6.45) is 18.6. The van der Waals surface area contributed by atoms with Crippen molar-refractivity contribution >= 4 is 0 Å². The minimum absolute atomic E-state index is 0.356. The van der Waals surface area contributed by atoms with Gasteiger partial charge in [-0.05, 0) is 181 Å². The molecular weight excluding hydrogens is 544 g/mol. The quantitative estimate of drug-likeness (QED) is 0.236. The highest BCUT2D eigenvalue weighted by molar-refractivity contribution is 5.05. The average Bonchev–Trinajstić information content (AvgIpc) is 2.89. The van der Waals surface area contributed by atoms with E-state index in [1.54, 1.807) is 0 Å². The minimum atomic E-state index is -0.489. The van der Waals surface area contributed by atoms with Crippen LogP contribution in [0.25, 0.3) is 0 Å². The molecule has 4 rings (SSSR count). The van der Waals surface area contributed by atoms with Crippen molar-refractivity contribution in [1.29, 1.82) is 0 Å². The molecule has 4 heteroatoms. The van der Waals surface area contributed by atoms with Gasteiger partial charge in [0.05, 0.1) is 22.4 Å². The van der Waals surface area contributed by atoms with Crippen LogP contribution in [0.1, 0.15) is 166 Å². The molecule has 3 saturated carbocycles. The van der Waals surface area contributed by atoms with Crippen LogP contribution in [0.3, 0.4) is 0 Å². The van der Waals surface area contributed by atoms with E-state index in [4.69, 9.17) is 0 Å². The second-order valence-corrected chi connectivity index (χ2v) is 17.0. The van der Waals surface area contributed by atoms with Crippen LogP contribution in [0.5, 0.6) is 0 Å². The Morgan fingerprint density at radius 3 is 1.52 bits per heavy atom. The van der Waals surface area contributed by atoms with E-state index in [0.29, 0.717) is 17.8 Å². The van der Waals surface area contributed by atoms with Crippen LogP contribution in [0.4, 0.5) is 0 Å². The van der Waals surface area contributed by atoms with E-state index in [1.165, 1.54) is 29.6 Å². The van der Waals surface area contributed by atoms with E-state index >= 15 is 0 Å². The van der Waals surface area contributed by atoms with Gasteiger partial charge in [-0.25, -0.2) is 0 Å². The maximum atomic E-state index is 9.70. The van der Waals surface area contributed by atoms with Crippen LogP contribution in [-0.4, -0.2) is 42.8 Å². The first-order chi connectivity index (χ1) is 20.0. The number of hydrogen-bond acceptors (Lipinski definition) is 4. The van der Waals surface area contributed by atoms with Crippen molar-refractivity contribution in [2.24, 2.45) is 29.6 Å². The monoisotopic (exact) mass is 619 g/mol. The molecule has 0 bridgehead atoms. The van der Waals surface area contributed by atoms with Gasteiger partial charge in [0.2, 0.25) is 0 Å². The number of aliphatic hydroxyl groups is 4. The fraction of sp³-hybridized carbons (Fsp3) is 0.850. The van der Waals surface area contributed by atoms with Crippen LogP contribution >= 0.6 is 0 Å². The lowest BCUT2D eigenvalue weighted by molar-refractivity contribution is 0.00153. The van der Waals surface area contributed by atoms with Crippen molar-refractivity contribution in [3.63, 3.8) is 0 Å². The van der Waals surface area contributed by atoms with Gasteiger partial charge in [-0.2, -0.15) is 0 Å². The third-order valence-electron chi connectivity index (χ3n) is 11.1. The average molecular weight is 619 g/mol. The molecule has 4 aliphatic carbocycles. The molecule has 0 saturated heterocycles. The molecule has 4 nitrogen and oxygen atoms in total. The minimum Gasteiger partial charge on any atom is -0.390 e. The smallest absolute Gasteiger partial charge is 0.0622 e. The lowest BCUT2D eigenvalue weighted by Crippen LogP contribution is -2.32. The van der Waals surface area contributed by atoms with Crippen molar-refractivity contribution in [2.75, 3.05) is 0 Å². The highest BCUT2D eigenvalue weighted by Crippen LogP contribution is 2.36. The molecule has 0 aromatic carbocycles. The Morgan fingerprint density at radius 1 is 0.773 bits per heavy atom. The Labute approximate surface area is 273 Å². The van der Waals surface area contributed by atoms with Crippen molar-refractivity contribution in [2.45, 2.75) is 188 Å². The van der Waals surface area contributed by atoms with E-state index in [2.05, 4.69) is 46.9 Å². The molecule has 1 atom stereocenters. The predicted octanol–water partition coefficient (Wildman–Crippen LogP) is 10.1.